The molecule has 0 unspecified atom stereocenters. The lowest BCUT2D eigenvalue weighted by Gasteiger charge is -2.17. The van der Waals surface area contributed by atoms with Crippen LogP contribution >= 0.6 is 22.6 Å². The minimum Gasteiger partial charge on any atom is -0.103 e. The first-order chi connectivity index (χ1) is 6.61. The summed E-state index contributed by atoms with van der Waals surface area (Å²) in [6.07, 6.45) is 6.99. The molecule has 0 aromatic carbocycles. The summed E-state index contributed by atoms with van der Waals surface area (Å²) in [6.45, 7) is 12.3. The third-order valence-corrected chi connectivity index (χ3v) is 4.19. The molecule has 1 heteroatoms. The van der Waals surface area contributed by atoms with Crippen molar-refractivity contribution in [2.75, 3.05) is 4.43 Å². The molecule has 0 saturated heterocycles. The van der Waals surface area contributed by atoms with Crippen LogP contribution in [-0.4, -0.2) is 4.43 Å². The molecule has 82 valence electrons. The van der Waals surface area contributed by atoms with Crippen molar-refractivity contribution in [2.45, 2.75) is 39.5 Å². The van der Waals surface area contributed by atoms with Crippen LogP contribution in [-0.2, 0) is 0 Å². The Balaban J connectivity index is 3.84. The molecular weight excluding hydrogens is 283 g/mol. The van der Waals surface area contributed by atoms with E-state index in [-0.39, 0.29) is 0 Å². The molecule has 14 heavy (non-hydrogen) atoms. The van der Waals surface area contributed by atoms with Crippen molar-refractivity contribution in [2.24, 2.45) is 11.8 Å². The summed E-state index contributed by atoms with van der Waals surface area (Å²) in [5, 5.41) is 0. The summed E-state index contributed by atoms with van der Waals surface area (Å²) < 4.78 is 1.27. The second kappa shape index (κ2) is 8.51. The number of alkyl halides is 1. The molecule has 0 spiro atoms. The van der Waals surface area contributed by atoms with Crippen molar-refractivity contribution in [3.05, 3.63) is 24.8 Å². The van der Waals surface area contributed by atoms with E-state index in [2.05, 4.69) is 49.6 Å². The van der Waals surface area contributed by atoms with Crippen molar-refractivity contribution >= 4 is 22.6 Å². The van der Waals surface area contributed by atoms with Crippen molar-refractivity contribution in [3.63, 3.8) is 0 Å². The van der Waals surface area contributed by atoms with Gasteiger partial charge in [0.1, 0.15) is 0 Å². The molecular formula is C13H23I. The van der Waals surface area contributed by atoms with Crippen LogP contribution in [0.25, 0.3) is 0 Å². The Morgan fingerprint density at radius 3 is 2.43 bits per heavy atom. The monoisotopic (exact) mass is 306 g/mol. The van der Waals surface area contributed by atoms with E-state index in [0.29, 0.717) is 5.92 Å². The average Bonchev–Trinajstić information content (AvgIpc) is 2.16. The van der Waals surface area contributed by atoms with E-state index in [1.165, 1.54) is 29.3 Å². The first kappa shape index (κ1) is 14.2. The first-order valence-electron chi connectivity index (χ1n) is 5.44. The second-order valence-electron chi connectivity index (χ2n) is 4.25. The van der Waals surface area contributed by atoms with Gasteiger partial charge in [0.25, 0.3) is 0 Å². The average molecular weight is 306 g/mol. The second-order valence-corrected chi connectivity index (χ2v) is 5.13. The summed E-state index contributed by atoms with van der Waals surface area (Å²) in [5.41, 5.74) is 1.34. The Morgan fingerprint density at radius 2 is 2.00 bits per heavy atom. The SMILES string of the molecule is C=CCC[C@H](CC[C@H](C)CI)C(=C)C. The topological polar surface area (TPSA) is 0 Å². The molecule has 0 aromatic heterocycles. The normalized spacial score (nSPS) is 14.8. The van der Waals surface area contributed by atoms with Gasteiger partial charge in [0.15, 0.2) is 0 Å². The van der Waals surface area contributed by atoms with Gasteiger partial charge in [-0.05, 0) is 44.4 Å². The number of rotatable bonds is 8. The highest BCUT2D eigenvalue weighted by Gasteiger charge is 2.10. The third kappa shape index (κ3) is 6.63. The van der Waals surface area contributed by atoms with Crippen molar-refractivity contribution < 1.29 is 0 Å². The minimum atomic E-state index is 0.707. The van der Waals surface area contributed by atoms with Gasteiger partial charge in [-0.25, -0.2) is 0 Å². The highest BCUT2D eigenvalue weighted by Crippen LogP contribution is 2.24. The van der Waals surface area contributed by atoms with Crippen LogP contribution in [0.1, 0.15) is 39.5 Å². The van der Waals surface area contributed by atoms with Gasteiger partial charge in [-0.3, -0.25) is 0 Å². The molecule has 0 heterocycles. The fraction of sp³-hybridized carbons (Fsp3) is 0.692. The predicted molar refractivity (Wildman–Crippen MR) is 75.0 cm³/mol. The van der Waals surface area contributed by atoms with Gasteiger partial charge >= 0.3 is 0 Å². The van der Waals surface area contributed by atoms with E-state index in [1.807, 2.05) is 6.08 Å². The molecule has 0 aromatic rings. The molecule has 0 fully saturated rings. The fourth-order valence-corrected chi connectivity index (χ4v) is 1.96. The highest BCUT2D eigenvalue weighted by molar-refractivity contribution is 14.1. The van der Waals surface area contributed by atoms with Crippen molar-refractivity contribution in [1.82, 2.24) is 0 Å². The summed E-state index contributed by atoms with van der Waals surface area (Å²) in [7, 11) is 0. The van der Waals surface area contributed by atoms with Crippen LogP contribution in [0, 0.1) is 11.8 Å². The van der Waals surface area contributed by atoms with Gasteiger partial charge in [-0.2, -0.15) is 0 Å². The van der Waals surface area contributed by atoms with Gasteiger partial charge in [-0.1, -0.05) is 47.7 Å². The van der Waals surface area contributed by atoms with Crippen molar-refractivity contribution in [1.29, 1.82) is 0 Å². The predicted octanol–water partition coefficient (Wildman–Crippen LogP) is 5.00. The molecule has 0 saturated carbocycles. The van der Waals surface area contributed by atoms with Crippen LogP contribution in [0.15, 0.2) is 24.8 Å². The maximum atomic E-state index is 4.08. The molecule has 0 aliphatic carbocycles. The molecule has 0 bridgehead atoms. The van der Waals surface area contributed by atoms with E-state index in [0.717, 1.165) is 12.3 Å². The Labute approximate surface area is 103 Å². The lowest BCUT2D eigenvalue weighted by molar-refractivity contribution is 0.454. The van der Waals surface area contributed by atoms with Crippen LogP contribution < -0.4 is 0 Å². The molecule has 0 rings (SSSR count). The summed E-state index contributed by atoms with van der Waals surface area (Å²) in [6, 6.07) is 0. The van der Waals surface area contributed by atoms with E-state index < -0.39 is 0 Å². The maximum absolute atomic E-state index is 4.08. The minimum absolute atomic E-state index is 0.707. The standard InChI is InChI=1S/C13H23I/c1-5-6-7-13(11(2)3)9-8-12(4)10-14/h5,12-13H,1-2,6-10H2,3-4H3/t12-,13+/m0/s1. The zero-order chi connectivity index (χ0) is 11.0. The third-order valence-electron chi connectivity index (χ3n) is 2.69. The number of hydrogen-bond donors (Lipinski definition) is 0. The summed E-state index contributed by atoms with van der Waals surface area (Å²) >= 11 is 2.47. The van der Waals surface area contributed by atoms with Crippen LogP contribution in [0.5, 0.6) is 0 Å². The van der Waals surface area contributed by atoms with Crippen molar-refractivity contribution in [3.8, 4) is 0 Å². The Bertz CT molecular complexity index is 172. The van der Waals surface area contributed by atoms with Gasteiger partial charge in [0.2, 0.25) is 0 Å². The zero-order valence-electron chi connectivity index (χ0n) is 9.56. The number of hydrogen-bond acceptors (Lipinski definition) is 0. The lowest BCUT2D eigenvalue weighted by Crippen LogP contribution is -2.05. The van der Waals surface area contributed by atoms with Crippen LogP contribution in [0.3, 0.4) is 0 Å². The first-order valence-corrected chi connectivity index (χ1v) is 6.96. The van der Waals surface area contributed by atoms with Gasteiger partial charge in [0, 0.05) is 4.43 Å². The Morgan fingerprint density at radius 1 is 1.36 bits per heavy atom. The molecule has 0 N–H and O–H groups in total. The van der Waals surface area contributed by atoms with E-state index in [9.17, 15) is 0 Å². The smallest absolute Gasteiger partial charge is 0.00210 e. The fourth-order valence-electron chi connectivity index (χ4n) is 1.52. The molecule has 0 aliphatic heterocycles. The van der Waals surface area contributed by atoms with Gasteiger partial charge < -0.3 is 0 Å². The Hall–Kier alpha value is 0.210. The molecule has 2 atom stereocenters. The lowest BCUT2D eigenvalue weighted by atomic mass is 9.89. The highest BCUT2D eigenvalue weighted by atomic mass is 127. The Kier molecular flexibility index (Phi) is 8.64. The molecule has 0 aliphatic rings. The van der Waals surface area contributed by atoms with Crippen LogP contribution in [0.4, 0.5) is 0 Å². The number of allylic oxidation sites excluding steroid dienone is 2. The number of halogens is 1. The van der Waals surface area contributed by atoms with E-state index in [1.54, 1.807) is 0 Å². The summed E-state index contributed by atoms with van der Waals surface area (Å²) in [5.74, 6) is 1.56. The molecule has 0 amide bonds. The van der Waals surface area contributed by atoms with Gasteiger partial charge in [-0.15, -0.1) is 6.58 Å². The van der Waals surface area contributed by atoms with Gasteiger partial charge in [0.05, 0.1) is 0 Å². The maximum Gasteiger partial charge on any atom is 0.00210 e. The molecule has 0 nitrogen and oxygen atoms in total. The van der Waals surface area contributed by atoms with E-state index >= 15 is 0 Å². The zero-order valence-corrected chi connectivity index (χ0v) is 11.7. The van der Waals surface area contributed by atoms with E-state index in [4.69, 9.17) is 0 Å². The quantitative estimate of drug-likeness (QED) is 0.336. The summed E-state index contributed by atoms with van der Waals surface area (Å²) in [4.78, 5) is 0. The molecule has 0 radical (unpaired) electrons. The largest absolute Gasteiger partial charge is 0.103 e. The van der Waals surface area contributed by atoms with Crippen LogP contribution in [0.2, 0.25) is 0 Å².